The quantitative estimate of drug-likeness (QED) is 0.123. The number of carbonyl (C=O) groups excluding carboxylic acids is 1. The van der Waals surface area contributed by atoms with Crippen LogP contribution in [0.3, 0.4) is 0 Å². The molecule has 41 heavy (non-hydrogen) atoms. The van der Waals surface area contributed by atoms with Crippen molar-refractivity contribution in [2.45, 2.75) is 32.7 Å². The minimum absolute atomic E-state index is 0.0644. The zero-order valence-electron chi connectivity index (χ0n) is 22.3. The Bertz CT molecular complexity index is 1570. The Morgan fingerprint density at radius 1 is 1.02 bits per heavy atom. The van der Waals surface area contributed by atoms with Crippen LogP contribution in [0.4, 0.5) is 13.2 Å². The highest BCUT2D eigenvalue weighted by Crippen LogP contribution is 2.22. The average molecular weight is 565 g/mol. The lowest BCUT2D eigenvalue weighted by Gasteiger charge is -2.16. The summed E-state index contributed by atoms with van der Waals surface area (Å²) in [5, 5.41) is 12.4. The number of ketones is 1. The van der Waals surface area contributed by atoms with E-state index < -0.39 is 40.8 Å². The van der Waals surface area contributed by atoms with Crippen LogP contribution in [0.5, 0.6) is 5.75 Å². The smallest absolute Gasteiger partial charge is 0.326 e. The van der Waals surface area contributed by atoms with Gasteiger partial charge in [-0.05, 0) is 55.8 Å². The molecule has 212 valence electrons. The molecule has 1 atom stereocenters. The van der Waals surface area contributed by atoms with Gasteiger partial charge in [0, 0.05) is 30.2 Å². The maximum absolute atomic E-state index is 13.9. The number of oxazole rings is 1. The number of benzene rings is 3. The fourth-order valence-electron chi connectivity index (χ4n) is 4.09. The van der Waals surface area contributed by atoms with Crippen LogP contribution in [0.2, 0.25) is 0 Å². The first kappa shape index (κ1) is 29.1. The van der Waals surface area contributed by atoms with Crippen molar-refractivity contribution in [1.82, 2.24) is 10.3 Å². The molecule has 0 radical (unpaired) electrons. The predicted octanol–water partition coefficient (Wildman–Crippen LogP) is 6.06. The van der Waals surface area contributed by atoms with Crippen molar-refractivity contribution in [1.29, 1.82) is 0 Å². The fraction of sp³-hybridized carbons (Fsp3) is 0.194. The van der Waals surface area contributed by atoms with Crippen LogP contribution in [0, 0.1) is 24.4 Å². The molecule has 0 bridgehead atoms. The third-order valence-electron chi connectivity index (χ3n) is 6.23. The van der Waals surface area contributed by atoms with Gasteiger partial charge in [-0.2, -0.15) is 0 Å². The molecule has 10 heteroatoms. The summed E-state index contributed by atoms with van der Waals surface area (Å²) in [6.07, 6.45) is 1.53. The highest BCUT2D eigenvalue weighted by molar-refractivity contribution is 6.05. The second-order valence-corrected chi connectivity index (χ2v) is 9.28. The Morgan fingerprint density at radius 3 is 2.41 bits per heavy atom. The molecule has 0 saturated heterocycles. The van der Waals surface area contributed by atoms with E-state index in [1.807, 2.05) is 37.3 Å². The molecule has 7 nitrogen and oxygen atoms in total. The van der Waals surface area contributed by atoms with E-state index in [2.05, 4.69) is 10.3 Å². The molecule has 1 aromatic heterocycles. The van der Waals surface area contributed by atoms with Crippen LogP contribution in [-0.4, -0.2) is 34.5 Å². The minimum atomic E-state index is -1.75. The SMILES string of the molecule is CC(=CC(=O)c1ccc(F)c(F)c1F)N[C@@H](Cc1ccc(OCCc2nc(-c3ccccc3)oc2C)cc1)C(=O)O. The summed E-state index contributed by atoms with van der Waals surface area (Å²) >= 11 is 0. The van der Waals surface area contributed by atoms with Gasteiger partial charge in [0.05, 0.1) is 17.9 Å². The number of aliphatic carboxylic acids is 1. The van der Waals surface area contributed by atoms with Gasteiger partial charge in [-0.15, -0.1) is 0 Å². The van der Waals surface area contributed by atoms with E-state index in [0.717, 1.165) is 29.2 Å². The third-order valence-corrected chi connectivity index (χ3v) is 6.23. The lowest BCUT2D eigenvalue weighted by Crippen LogP contribution is -2.37. The van der Waals surface area contributed by atoms with Crippen LogP contribution in [-0.2, 0) is 17.6 Å². The summed E-state index contributed by atoms with van der Waals surface area (Å²) in [5.74, 6) is -5.03. The van der Waals surface area contributed by atoms with Gasteiger partial charge >= 0.3 is 5.97 Å². The summed E-state index contributed by atoms with van der Waals surface area (Å²) in [6, 6.07) is 16.8. The molecule has 1 heterocycles. The number of allylic oxidation sites excluding steroid dienone is 2. The van der Waals surface area contributed by atoms with E-state index in [1.165, 1.54) is 6.92 Å². The second kappa shape index (κ2) is 13.0. The summed E-state index contributed by atoms with van der Waals surface area (Å²) in [7, 11) is 0. The molecule has 0 spiro atoms. The van der Waals surface area contributed by atoms with Crippen molar-refractivity contribution in [3.8, 4) is 17.2 Å². The standard InChI is InChI=1S/C31H27F3N2O5/c1-18(16-27(37)23-12-13-24(32)29(34)28(23)33)35-26(31(38)39)17-20-8-10-22(11-9-20)40-15-14-25-19(2)41-30(36-25)21-6-4-3-5-7-21/h3-13,16,26,35H,14-15,17H2,1-2H3,(H,38,39)/t26-/m0/s1. The largest absolute Gasteiger partial charge is 0.493 e. The van der Waals surface area contributed by atoms with Gasteiger partial charge in [0.15, 0.2) is 23.2 Å². The second-order valence-electron chi connectivity index (χ2n) is 9.28. The number of carboxylic acid groups (broad SMARTS) is 1. The molecule has 0 aliphatic heterocycles. The Morgan fingerprint density at radius 2 is 1.73 bits per heavy atom. The fourth-order valence-corrected chi connectivity index (χ4v) is 4.09. The van der Waals surface area contributed by atoms with Crippen LogP contribution in [0.1, 0.15) is 34.3 Å². The summed E-state index contributed by atoms with van der Waals surface area (Å²) in [5.41, 5.74) is 1.82. The summed E-state index contributed by atoms with van der Waals surface area (Å²) < 4.78 is 52.1. The van der Waals surface area contributed by atoms with Gasteiger partial charge in [-0.25, -0.2) is 22.9 Å². The number of halogens is 3. The number of rotatable bonds is 12. The topological polar surface area (TPSA) is 102 Å². The van der Waals surface area contributed by atoms with E-state index in [4.69, 9.17) is 9.15 Å². The Labute approximate surface area is 234 Å². The highest BCUT2D eigenvalue weighted by Gasteiger charge is 2.20. The lowest BCUT2D eigenvalue weighted by molar-refractivity contribution is -0.139. The Hall–Kier alpha value is -4.86. The number of aromatic nitrogens is 1. The van der Waals surface area contributed by atoms with Crippen molar-refractivity contribution >= 4 is 11.8 Å². The van der Waals surface area contributed by atoms with Crippen molar-refractivity contribution in [2.24, 2.45) is 0 Å². The number of nitrogens with one attached hydrogen (secondary N) is 1. The molecule has 0 fully saturated rings. The van der Waals surface area contributed by atoms with E-state index in [0.29, 0.717) is 36.3 Å². The zero-order chi connectivity index (χ0) is 29.5. The van der Waals surface area contributed by atoms with Crippen LogP contribution in [0.15, 0.2) is 82.9 Å². The molecule has 4 rings (SSSR count). The number of carboxylic acids is 1. The maximum Gasteiger partial charge on any atom is 0.326 e. The molecule has 0 aliphatic rings. The molecular weight excluding hydrogens is 537 g/mol. The molecular formula is C31H27F3N2O5. The van der Waals surface area contributed by atoms with E-state index >= 15 is 0 Å². The van der Waals surface area contributed by atoms with Gasteiger partial charge in [0.1, 0.15) is 17.6 Å². The van der Waals surface area contributed by atoms with Gasteiger partial charge in [-0.1, -0.05) is 30.3 Å². The first-order valence-electron chi connectivity index (χ1n) is 12.7. The van der Waals surface area contributed by atoms with Gasteiger partial charge in [-0.3, -0.25) is 4.79 Å². The van der Waals surface area contributed by atoms with E-state index in [9.17, 15) is 27.9 Å². The molecule has 3 aromatic carbocycles. The lowest BCUT2D eigenvalue weighted by atomic mass is 10.0. The number of hydrogen-bond acceptors (Lipinski definition) is 6. The van der Waals surface area contributed by atoms with Gasteiger partial charge < -0.3 is 19.6 Å². The summed E-state index contributed by atoms with van der Waals surface area (Å²) in [4.78, 5) is 28.7. The third kappa shape index (κ3) is 7.42. The highest BCUT2D eigenvalue weighted by atomic mass is 19.2. The number of ether oxygens (including phenoxy) is 1. The van der Waals surface area contributed by atoms with Crippen LogP contribution in [0.25, 0.3) is 11.5 Å². The first-order chi connectivity index (χ1) is 19.6. The van der Waals surface area contributed by atoms with Crippen molar-refractivity contribution < 1.29 is 37.0 Å². The van der Waals surface area contributed by atoms with Crippen LogP contribution < -0.4 is 10.1 Å². The van der Waals surface area contributed by atoms with Gasteiger partial charge in [0.25, 0.3) is 0 Å². The van der Waals surface area contributed by atoms with Crippen molar-refractivity contribution in [3.05, 3.63) is 119 Å². The Balaban J connectivity index is 1.32. The molecule has 0 amide bonds. The molecule has 0 saturated carbocycles. The number of aryl methyl sites for hydroxylation is 1. The monoisotopic (exact) mass is 564 g/mol. The predicted molar refractivity (Wildman–Crippen MR) is 145 cm³/mol. The van der Waals surface area contributed by atoms with Gasteiger partial charge in [0.2, 0.25) is 5.89 Å². The van der Waals surface area contributed by atoms with Crippen molar-refractivity contribution in [2.75, 3.05) is 6.61 Å². The molecule has 4 aromatic rings. The molecule has 0 aliphatic carbocycles. The van der Waals surface area contributed by atoms with E-state index in [1.54, 1.807) is 24.3 Å². The van der Waals surface area contributed by atoms with Crippen molar-refractivity contribution in [3.63, 3.8) is 0 Å². The molecule has 0 unspecified atom stereocenters. The molecule has 2 N–H and O–H groups in total. The number of carbonyl (C=O) groups is 2. The number of hydrogen-bond donors (Lipinski definition) is 2. The Kier molecular flexibility index (Phi) is 9.23. The minimum Gasteiger partial charge on any atom is -0.493 e. The van der Waals surface area contributed by atoms with E-state index in [-0.39, 0.29) is 12.1 Å². The first-order valence-corrected chi connectivity index (χ1v) is 12.7. The zero-order valence-corrected chi connectivity index (χ0v) is 22.3. The van der Waals surface area contributed by atoms with Crippen LogP contribution >= 0.6 is 0 Å². The number of nitrogens with zero attached hydrogens (tertiary/aromatic N) is 1. The summed E-state index contributed by atoms with van der Waals surface area (Å²) in [6.45, 7) is 3.63. The average Bonchev–Trinajstić information content (AvgIpc) is 3.32. The normalized spacial score (nSPS) is 12.2. The maximum atomic E-state index is 13.9.